The maximum atomic E-state index is 12.0. The molecule has 1 aromatic heterocycles. The number of amides is 2. The quantitative estimate of drug-likeness (QED) is 0.891. The molecule has 0 aliphatic heterocycles. The second kappa shape index (κ2) is 6.72. The maximum Gasteiger partial charge on any atom is 0.270 e. The first-order valence-corrected chi connectivity index (χ1v) is 7.01. The van der Waals surface area contributed by atoms with Crippen LogP contribution < -0.4 is 11.1 Å². The molecule has 2 amide bonds. The SMILES string of the molecule is CC(NC(=O)c1cc(-c2ccc(Cl)c(Cl)c2)ncn1)C(N)=O. The van der Waals surface area contributed by atoms with Gasteiger partial charge in [-0.1, -0.05) is 29.3 Å². The van der Waals surface area contributed by atoms with Crippen molar-refractivity contribution in [1.29, 1.82) is 0 Å². The molecule has 0 aliphatic carbocycles. The van der Waals surface area contributed by atoms with Crippen LogP contribution in [0.2, 0.25) is 10.0 Å². The Morgan fingerprint density at radius 2 is 1.91 bits per heavy atom. The van der Waals surface area contributed by atoms with Gasteiger partial charge in [-0.3, -0.25) is 9.59 Å². The van der Waals surface area contributed by atoms with Crippen molar-refractivity contribution in [2.75, 3.05) is 0 Å². The summed E-state index contributed by atoms with van der Waals surface area (Å²) in [6.45, 7) is 1.49. The van der Waals surface area contributed by atoms with Gasteiger partial charge in [-0.2, -0.15) is 0 Å². The van der Waals surface area contributed by atoms with Crippen LogP contribution in [0.4, 0.5) is 0 Å². The van der Waals surface area contributed by atoms with E-state index in [1.807, 2.05) is 0 Å². The van der Waals surface area contributed by atoms with E-state index in [0.29, 0.717) is 21.3 Å². The molecule has 114 valence electrons. The number of carbonyl (C=O) groups is 2. The van der Waals surface area contributed by atoms with Gasteiger partial charge < -0.3 is 11.1 Å². The molecule has 1 heterocycles. The Balaban J connectivity index is 2.28. The van der Waals surface area contributed by atoms with E-state index in [2.05, 4.69) is 15.3 Å². The van der Waals surface area contributed by atoms with Crippen molar-refractivity contribution in [1.82, 2.24) is 15.3 Å². The molecule has 1 atom stereocenters. The van der Waals surface area contributed by atoms with Gasteiger partial charge in [0.1, 0.15) is 18.1 Å². The minimum absolute atomic E-state index is 0.115. The highest BCUT2D eigenvalue weighted by Crippen LogP contribution is 2.27. The molecule has 3 N–H and O–H groups in total. The molecule has 0 radical (unpaired) electrons. The van der Waals surface area contributed by atoms with E-state index < -0.39 is 17.9 Å². The number of primary amides is 1. The van der Waals surface area contributed by atoms with Gasteiger partial charge in [-0.25, -0.2) is 9.97 Å². The van der Waals surface area contributed by atoms with Gasteiger partial charge in [-0.15, -0.1) is 0 Å². The van der Waals surface area contributed by atoms with E-state index in [0.717, 1.165) is 0 Å². The minimum Gasteiger partial charge on any atom is -0.368 e. The van der Waals surface area contributed by atoms with Gasteiger partial charge in [0, 0.05) is 5.56 Å². The zero-order valence-electron chi connectivity index (χ0n) is 11.5. The van der Waals surface area contributed by atoms with Crippen molar-refractivity contribution >= 4 is 35.0 Å². The summed E-state index contributed by atoms with van der Waals surface area (Å²) in [5.41, 5.74) is 6.41. The van der Waals surface area contributed by atoms with E-state index in [4.69, 9.17) is 28.9 Å². The summed E-state index contributed by atoms with van der Waals surface area (Å²) in [5, 5.41) is 3.25. The Morgan fingerprint density at radius 3 is 2.55 bits per heavy atom. The molecule has 22 heavy (non-hydrogen) atoms. The summed E-state index contributed by atoms with van der Waals surface area (Å²) >= 11 is 11.8. The second-order valence-corrected chi connectivity index (χ2v) is 5.33. The molecule has 0 spiro atoms. The number of nitrogens with zero attached hydrogens (tertiary/aromatic N) is 2. The first-order valence-electron chi connectivity index (χ1n) is 6.26. The highest BCUT2D eigenvalue weighted by molar-refractivity contribution is 6.42. The van der Waals surface area contributed by atoms with Crippen molar-refractivity contribution in [3.63, 3.8) is 0 Å². The summed E-state index contributed by atoms with van der Waals surface area (Å²) in [6, 6.07) is 5.69. The first kappa shape index (κ1) is 16.2. The lowest BCUT2D eigenvalue weighted by atomic mass is 10.1. The predicted octanol–water partition coefficient (Wildman–Crippen LogP) is 2.05. The first-order chi connectivity index (χ1) is 10.4. The van der Waals surface area contributed by atoms with Gasteiger partial charge in [0.15, 0.2) is 0 Å². The van der Waals surface area contributed by atoms with Crippen molar-refractivity contribution < 1.29 is 9.59 Å². The van der Waals surface area contributed by atoms with Crippen LogP contribution >= 0.6 is 23.2 Å². The number of nitrogens with two attached hydrogens (primary N) is 1. The van der Waals surface area contributed by atoms with Crippen molar-refractivity contribution in [2.45, 2.75) is 13.0 Å². The minimum atomic E-state index is -0.795. The summed E-state index contributed by atoms with van der Waals surface area (Å²) in [6.07, 6.45) is 1.25. The Morgan fingerprint density at radius 1 is 1.18 bits per heavy atom. The van der Waals surface area contributed by atoms with Crippen molar-refractivity contribution in [3.05, 3.63) is 46.3 Å². The van der Waals surface area contributed by atoms with E-state index in [9.17, 15) is 9.59 Å². The fourth-order valence-corrected chi connectivity index (χ4v) is 1.93. The number of rotatable bonds is 4. The van der Waals surface area contributed by atoms with Crippen LogP contribution in [0.3, 0.4) is 0 Å². The average molecular weight is 339 g/mol. The van der Waals surface area contributed by atoms with Gasteiger partial charge in [0.05, 0.1) is 15.7 Å². The molecule has 2 aromatic rings. The van der Waals surface area contributed by atoms with Crippen LogP contribution in [-0.2, 0) is 4.79 Å². The van der Waals surface area contributed by atoms with Crippen LogP contribution in [0, 0.1) is 0 Å². The molecule has 0 bridgehead atoms. The molecule has 1 unspecified atom stereocenters. The fraction of sp³-hybridized carbons (Fsp3) is 0.143. The largest absolute Gasteiger partial charge is 0.368 e. The Kier molecular flexibility index (Phi) is 4.95. The average Bonchev–Trinajstić information content (AvgIpc) is 2.50. The smallest absolute Gasteiger partial charge is 0.270 e. The predicted molar refractivity (Wildman–Crippen MR) is 83.6 cm³/mol. The molecule has 0 fully saturated rings. The molecule has 0 saturated heterocycles. The molecule has 8 heteroatoms. The number of hydrogen-bond donors (Lipinski definition) is 2. The second-order valence-electron chi connectivity index (χ2n) is 4.51. The van der Waals surface area contributed by atoms with Crippen LogP contribution in [-0.4, -0.2) is 27.8 Å². The summed E-state index contributed by atoms with van der Waals surface area (Å²) in [5.74, 6) is -1.15. The van der Waals surface area contributed by atoms with Crippen LogP contribution in [0.1, 0.15) is 17.4 Å². The van der Waals surface area contributed by atoms with Crippen LogP contribution in [0.25, 0.3) is 11.3 Å². The van der Waals surface area contributed by atoms with Gasteiger partial charge in [-0.05, 0) is 25.1 Å². The summed E-state index contributed by atoms with van der Waals surface area (Å²) in [7, 11) is 0. The molecular formula is C14H12Cl2N4O2. The van der Waals surface area contributed by atoms with Crippen molar-refractivity contribution in [2.24, 2.45) is 5.73 Å². The fourth-order valence-electron chi connectivity index (χ4n) is 1.64. The third kappa shape index (κ3) is 3.72. The van der Waals surface area contributed by atoms with Crippen LogP contribution in [0.5, 0.6) is 0 Å². The summed E-state index contributed by atoms with van der Waals surface area (Å²) in [4.78, 5) is 31.0. The normalized spacial score (nSPS) is 11.8. The summed E-state index contributed by atoms with van der Waals surface area (Å²) < 4.78 is 0. The molecular weight excluding hydrogens is 327 g/mol. The van der Waals surface area contributed by atoms with Gasteiger partial charge >= 0.3 is 0 Å². The van der Waals surface area contributed by atoms with Gasteiger partial charge in [0.25, 0.3) is 5.91 Å². The number of benzene rings is 1. The number of halogens is 2. The number of hydrogen-bond acceptors (Lipinski definition) is 4. The zero-order valence-corrected chi connectivity index (χ0v) is 13.0. The lowest BCUT2D eigenvalue weighted by Crippen LogP contribution is -2.42. The van der Waals surface area contributed by atoms with Gasteiger partial charge in [0.2, 0.25) is 5.91 Å². The highest BCUT2D eigenvalue weighted by Gasteiger charge is 2.15. The Bertz CT molecular complexity index is 737. The molecule has 0 saturated carbocycles. The third-order valence-electron chi connectivity index (χ3n) is 2.89. The lowest BCUT2D eigenvalue weighted by molar-refractivity contribution is -0.119. The third-order valence-corrected chi connectivity index (χ3v) is 3.63. The topological polar surface area (TPSA) is 98.0 Å². The lowest BCUT2D eigenvalue weighted by Gasteiger charge is -2.10. The van der Waals surface area contributed by atoms with E-state index in [1.54, 1.807) is 18.2 Å². The maximum absolute atomic E-state index is 12.0. The van der Waals surface area contributed by atoms with Crippen LogP contribution in [0.15, 0.2) is 30.6 Å². The standard InChI is InChI=1S/C14H12Cl2N4O2/c1-7(13(17)21)20-14(22)12-5-11(18-6-19-12)8-2-3-9(15)10(16)4-8/h2-7H,1H3,(H2,17,21)(H,20,22). The Hall–Kier alpha value is -2.18. The zero-order chi connectivity index (χ0) is 16.3. The molecule has 6 nitrogen and oxygen atoms in total. The molecule has 2 rings (SSSR count). The van der Waals surface area contributed by atoms with E-state index in [1.165, 1.54) is 19.3 Å². The Labute approximate surface area is 136 Å². The van der Waals surface area contributed by atoms with E-state index in [-0.39, 0.29) is 5.69 Å². The number of nitrogens with one attached hydrogen (secondary N) is 1. The molecule has 0 aliphatic rings. The van der Waals surface area contributed by atoms with E-state index >= 15 is 0 Å². The number of aromatic nitrogens is 2. The monoisotopic (exact) mass is 338 g/mol. The number of carbonyl (C=O) groups excluding carboxylic acids is 2. The molecule has 1 aromatic carbocycles. The highest BCUT2D eigenvalue weighted by atomic mass is 35.5. The van der Waals surface area contributed by atoms with Crippen molar-refractivity contribution in [3.8, 4) is 11.3 Å².